The molecule has 0 amide bonds. The predicted octanol–water partition coefficient (Wildman–Crippen LogP) is 3.43. The van der Waals surface area contributed by atoms with Crippen LogP contribution in [0.15, 0.2) is 39.4 Å². The second-order valence-electron chi connectivity index (χ2n) is 2.84. The van der Waals surface area contributed by atoms with Gasteiger partial charge in [-0.05, 0) is 46.3 Å². The van der Waals surface area contributed by atoms with E-state index in [1.165, 1.54) is 6.07 Å². The third-order valence-electron chi connectivity index (χ3n) is 1.85. The Labute approximate surface area is 88.7 Å². The summed E-state index contributed by atoms with van der Waals surface area (Å²) in [6.07, 6.45) is 0. The summed E-state index contributed by atoms with van der Waals surface area (Å²) < 4.78 is 18.8. The Hall–Kier alpha value is -1.29. The van der Waals surface area contributed by atoms with Gasteiger partial charge < -0.3 is 10.2 Å². The van der Waals surface area contributed by atoms with Crippen LogP contribution in [0.1, 0.15) is 0 Å². The molecule has 0 fully saturated rings. The van der Waals surface area contributed by atoms with Crippen LogP contribution in [0.3, 0.4) is 0 Å². The minimum atomic E-state index is -0.417. The van der Waals surface area contributed by atoms with Crippen LogP contribution in [0.4, 0.5) is 10.1 Å². The van der Waals surface area contributed by atoms with E-state index in [-0.39, 0.29) is 5.69 Å². The number of benzene rings is 1. The monoisotopic (exact) mass is 255 g/mol. The fourth-order valence-electron chi connectivity index (χ4n) is 1.17. The average molecular weight is 256 g/mol. The number of furan rings is 1. The van der Waals surface area contributed by atoms with Gasteiger partial charge in [0.05, 0.1) is 5.69 Å². The zero-order valence-electron chi connectivity index (χ0n) is 7.13. The van der Waals surface area contributed by atoms with Crippen LogP contribution in [0.2, 0.25) is 0 Å². The summed E-state index contributed by atoms with van der Waals surface area (Å²) in [5, 5.41) is 0. The fraction of sp³-hybridized carbons (Fsp3) is 0. The van der Waals surface area contributed by atoms with Gasteiger partial charge in [0, 0.05) is 5.56 Å². The zero-order valence-corrected chi connectivity index (χ0v) is 8.71. The highest BCUT2D eigenvalue weighted by molar-refractivity contribution is 9.10. The number of halogens is 2. The van der Waals surface area contributed by atoms with Crippen LogP contribution in [0.5, 0.6) is 0 Å². The number of rotatable bonds is 1. The molecule has 2 nitrogen and oxygen atoms in total. The Morgan fingerprint density at radius 2 is 2.00 bits per heavy atom. The van der Waals surface area contributed by atoms with Gasteiger partial charge in [0.25, 0.3) is 0 Å². The van der Waals surface area contributed by atoms with E-state index in [0.717, 1.165) is 5.56 Å². The molecule has 0 saturated carbocycles. The highest BCUT2D eigenvalue weighted by Crippen LogP contribution is 2.27. The third kappa shape index (κ3) is 1.65. The Bertz CT molecular complexity index is 467. The van der Waals surface area contributed by atoms with Gasteiger partial charge in [-0.3, -0.25) is 0 Å². The highest BCUT2D eigenvalue weighted by Gasteiger charge is 2.05. The lowest BCUT2D eigenvalue weighted by Crippen LogP contribution is -1.89. The Morgan fingerprint density at radius 1 is 1.21 bits per heavy atom. The maximum atomic E-state index is 12.9. The molecule has 0 bridgehead atoms. The second kappa shape index (κ2) is 3.46. The topological polar surface area (TPSA) is 39.2 Å². The summed E-state index contributed by atoms with van der Waals surface area (Å²) in [5.74, 6) is 0.239. The average Bonchev–Trinajstić information content (AvgIpc) is 2.57. The Kier molecular flexibility index (Phi) is 2.29. The molecule has 72 valence electrons. The SMILES string of the molecule is Nc1cc(-c2ccc(Br)o2)ccc1F. The molecule has 1 aromatic heterocycles. The molecule has 0 aliphatic carbocycles. The molecule has 0 aliphatic heterocycles. The zero-order chi connectivity index (χ0) is 10.1. The Balaban J connectivity index is 2.47. The van der Waals surface area contributed by atoms with Gasteiger partial charge in [0.15, 0.2) is 4.67 Å². The fourth-order valence-corrected chi connectivity index (χ4v) is 1.47. The van der Waals surface area contributed by atoms with Crippen molar-refractivity contribution in [3.63, 3.8) is 0 Å². The van der Waals surface area contributed by atoms with E-state index >= 15 is 0 Å². The first-order valence-electron chi connectivity index (χ1n) is 3.97. The van der Waals surface area contributed by atoms with Gasteiger partial charge in [0.1, 0.15) is 11.6 Å². The van der Waals surface area contributed by atoms with E-state index < -0.39 is 5.82 Å². The van der Waals surface area contributed by atoms with E-state index in [1.807, 2.05) is 0 Å². The molecular weight excluding hydrogens is 249 g/mol. The number of nitrogen functional groups attached to an aromatic ring is 1. The molecule has 0 aliphatic rings. The largest absolute Gasteiger partial charge is 0.449 e. The summed E-state index contributed by atoms with van der Waals surface area (Å²) in [5.41, 5.74) is 6.32. The van der Waals surface area contributed by atoms with Gasteiger partial charge in [0.2, 0.25) is 0 Å². The van der Waals surface area contributed by atoms with Crippen molar-refractivity contribution in [3.8, 4) is 11.3 Å². The van der Waals surface area contributed by atoms with Crippen molar-refractivity contribution in [1.29, 1.82) is 0 Å². The van der Waals surface area contributed by atoms with Crippen LogP contribution < -0.4 is 5.73 Å². The molecule has 0 unspecified atom stereocenters. The first-order chi connectivity index (χ1) is 6.66. The molecule has 14 heavy (non-hydrogen) atoms. The van der Waals surface area contributed by atoms with Crippen LogP contribution in [-0.2, 0) is 0 Å². The van der Waals surface area contributed by atoms with Crippen molar-refractivity contribution in [1.82, 2.24) is 0 Å². The van der Waals surface area contributed by atoms with Crippen molar-refractivity contribution in [2.75, 3.05) is 5.73 Å². The minimum Gasteiger partial charge on any atom is -0.449 e. The van der Waals surface area contributed by atoms with Crippen LogP contribution in [0.25, 0.3) is 11.3 Å². The van der Waals surface area contributed by atoms with Gasteiger partial charge in [-0.15, -0.1) is 0 Å². The van der Waals surface area contributed by atoms with E-state index in [4.69, 9.17) is 10.2 Å². The molecule has 2 rings (SSSR count). The van der Waals surface area contributed by atoms with Crippen molar-refractivity contribution >= 4 is 21.6 Å². The highest BCUT2D eigenvalue weighted by atomic mass is 79.9. The summed E-state index contributed by atoms with van der Waals surface area (Å²) in [6, 6.07) is 8.05. The molecule has 0 spiro atoms. The second-order valence-corrected chi connectivity index (χ2v) is 3.62. The van der Waals surface area contributed by atoms with E-state index in [0.29, 0.717) is 10.4 Å². The molecule has 1 heterocycles. The predicted molar refractivity (Wildman–Crippen MR) is 56.2 cm³/mol. The molecule has 4 heteroatoms. The lowest BCUT2D eigenvalue weighted by molar-refractivity contribution is 0.555. The van der Waals surface area contributed by atoms with Crippen LogP contribution >= 0.6 is 15.9 Å². The molecule has 2 aromatic rings. The van der Waals surface area contributed by atoms with Gasteiger partial charge >= 0.3 is 0 Å². The quantitative estimate of drug-likeness (QED) is 0.794. The van der Waals surface area contributed by atoms with Crippen molar-refractivity contribution in [2.45, 2.75) is 0 Å². The third-order valence-corrected chi connectivity index (χ3v) is 2.28. The molecule has 0 atom stereocenters. The number of hydrogen-bond donors (Lipinski definition) is 1. The summed E-state index contributed by atoms with van der Waals surface area (Å²) >= 11 is 3.19. The smallest absolute Gasteiger partial charge is 0.169 e. The summed E-state index contributed by atoms with van der Waals surface area (Å²) in [4.78, 5) is 0. The summed E-state index contributed by atoms with van der Waals surface area (Å²) in [7, 11) is 0. The van der Waals surface area contributed by atoms with Crippen molar-refractivity contribution in [2.24, 2.45) is 0 Å². The number of anilines is 1. The molecule has 0 radical (unpaired) electrons. The maximum absolute atomic E-state index is 12.9. The molecule has 0 saturated heterocycles. The van der Waals surface area contributed by atoms with Crippen molar-refractivity contribution < 1.29 is 8.81 Å². The van der Waals surface area contributed by atoms with E-state index in [2.05, 4.69) is 15.9 Å². The van der Waals surface area contributed by atoms with E-state index in [9.17, 15) is 4.39 Å². The normalized spacial score (nSPS) is 10.4. The van der Waals surface area contributed by atoms with Crippen molar-refractivity contribution in [3.05, 3.63) is 40.8 Å². The van der Waals surface area contributed by atoms with E-state index in [1.54, 1.807) is 24.3 Å². The maximum Gasteiger partial charge on any atom is 0.169 e. The number of nitrogens with two attached hydrogens (primary N) is 1. The molecule has 2 N–H and O–H groups in total. The van der Waals surface area contributed by atoms with Gasteiger partial charge in [-0.2, -0.15) is 0 Å². The van der Waals surface area contributed by atoms with Crippen LogP contribution in [-0.4, -0.2) is 0 Å². The number of hydrogen-bond acceptors (Lipinski definition) is 2. The van der Waals surface area contributed by atoms with Gasteiger partial charge in [-0.25, -0.2) is 4.39 Å². The Morgan fingerprint density at radius 3 is 2.57 bits per heavy atom. The van der Waals surface area contributed by atoms with Crippen LogP contribution in [0, 0.1) is 5.82 Å². The lowest BCUT2D eigenvalue weighted by Gasteiger charge is -1.99. The summed E-state index contributed by atoms with van der Waals surface area (Å²) in [6.45, 7) is 0. The molecule has 1 aromatic carbocycles. The first kappa shape index (κ1) is 9.27. The minimum absolute atomic E-state index is 0.120. The first-order valence-corrected chi connectivity index (χ1v) is 4.77. The van der Waals surface area contributed by atoms with Gasteiger partial charge in [-0.1, -0.05) is 0 Å². The molecular formula is C10H7BrFNO. The lowest BCUT2D eigenvalue weighted by atomic mass is 10.1. The standard InChI is InChI=1S/C10H7BrFNO/c11-10-4-3-9(14-10)6-1-2-7(12)8(13)5-6/h1-5H,13H2.